The zero-order valence-electron chi connectivity index (χ0n) is 10.7. The fraction of sp³-hybridized carbons (Fsp3) is 0.267. The normalized spacial score (nSPS) is 10.6. The Hall–Kier alpha value is -1.61. The number of carbonyl (C=O) groups excluding carboxylic acids is 1. The third kappa shape index (κ3) is 2.99. The molecule has 2 rings (SSSR count). The number of nitrogens with zero attached hydrogens (tertiary/aromatic N) is 1. The van der Waals surface area contributed by atoms with Crippen molar-refractivity contribution in [1.29, 1.82) is 0 Å². The van der Waals surface area contributed by atoms with Gasteiger partial charge in [0, 0.05) is 12.6 Å². The third-order valence-electron chi connectivity index (χ3n) is 2.83. The summed E-state index contributed by atoms with van der Waals surface area (Å²) in [6.07, 6.45) is 0.912. The van der Waals surface area contributed by atoms with Crippen molar-refractivity contribution < 1.29 is 4.79 Å². The Balaban J connectivity index is 2.21. The van der Waals surface area contributed by atoms with Crippen molar-refractivity contribution in [2.75, 3.05) is 4.90 Å². The molecular weight excluding hydrogens is 242 g/mol. The molecule has 3 heteroatoms. The van der Waals surface area contributed by atoms with Gasteiger partial charge >= 0.3 is 0 Å². The quantitative estimate of drug-likeness (QED) is 0.757. The SMILES string of the molecule is CC(C)N(Cc1ccccc1)c1ccc(C=O)s1. The molecule has 0 aliphatic rings. The number of thiophene rings is 1. The molecule has 0 saturated carbocycles. The van der Waals surface area contributed by atoms with Gasteiger partial charge in [0.1, 0.15) is 0 Å². The number of benzene rings is 1. The van der Waals surface area contributed by atoms with Crippen LogP contribution in [-0.4, -0.2) is 12.3 Å². The Kier molecular flexibility index (Phi) is 4.15. The van der Waals surface area contributed by atoms with E-state index in [1.54, 1.807) is 11.3 Å². The van der Waals surface area contributed by atoms with Gasteiger partial charge in [0.05, 0.1) is 9.88 Å². The van der Waals surface area contributed by atoms with Crippen LogP contribution in [-0.2, 0) is 6.54 Å². The van der Waals surface area contributed by atoms with Crippen LogP contribution >= 0.6 is 11.3 Å². The highest BCUT2D eigenvalue weighted by Crippen LogP contribution is 2.28. The molecule has 0 atom stereocenters. The van der Waals surface area contributed by atoms with Crippen LogP contribution in [0.2, 0.25) is 0 Å². The fourth-order valence-corrected chi connectivity index (χ4v) is 2.81. The number of anilines is 1. The van der Waals surface area contributed by atoms with Crippen LogP contribution in [0.5, 0.6) is 0 Å². The van der Waals surface area contributed by atoms with E-state index in [0.29, 0.717) is 6.04 Å². The lowest BCUT2D eigenvalue weighted by molar-refractivity contribution is 0.112. The van der Waals surface area contributed by atoms with Crippen molar-refractivity contribution in [3.63, 3.8) is 0 Å². The molecule has 0 N–H and O–H groups in total. The van der Waals surface area contributed by atoms with Crippen molar-refractivity contribution in [2.45, 2.75) is 26.4 Å². The van der Waals surface area contributed by atoms with Gasteiger partial charge in [0.25, 0.3) is 0 Å². The van der Waals surface area contributed by atoms with Crippen molar-refractivity contribution in [2.24, 2.45) is 0 Å². The Morgan fingerprint density at radius 1 is 1.17 bits per heavy atom. The lowest BCUT2D eigenvalue weighted by atomic mass is 10.2. The summed E-state index contributed by atoms with van der Waals surface area (Å²) in [6, 6.07) is 14.7. The summed E-state index contributed by atoms with van der Waals surface area (Å²) in [6.45, 7) is 5.21. The number of carbonyl (C=O) groups is 1. The van der Waals surface area contributed by atoms with E-state index in [2.05, 4.69) is 43.0 Å². The largest absolute Gasteiger partial charge is 0.357 e. The second-order valence-electron chi connectivity index (χ2n) is 4.50. The van der Waals surface area contributed by atoms with Crippen LogP contribution in [0.3, 0.4) is 0 Å². The van der Waals surface area contributed by atoms with Crippen LogP contribution < -0.4 is 4.90 Å². The lowest BCUT2D eigenvalue weighted by Gasteiger charge is -2.27. The van der Waals surface area contributed by atoms with Gasteiger partial charge in [-0.3, -0.25) is 4.79 Å². The van der Waals surface area contributed by atoms with E-state index in [0.717, 1.165) is 22.7 Å². The van der Waals surface area contributed by atoms with E-state index in [-0.39, 0.29) is 0 Å². The molecular formula is C15H17NOS. The first kappa shape index (κ1) is 12.8. The van der Waals surface area contributed by atoms with E-state index < -0.39 is 0 Å². The van der Waals surface area contributed by atoms with Crippen LogP contribution in [0.15, 0.2) is 42.5 Å². The Morgan fingerprint density at radius 3 is 2.44 bits per heavy atom. The third-order valence-corrected chi connectivity index (χ3v) is 3.88. The van der Waals surface area contributed by atoms with Gasteiger partial charge in [0.15, 0.2) is 6.29 Å². The average Bonchev–Trinajstić information content (AvgIpc) is 2.85. The summed E-state index contributed by atoms with van der Waals surface area (Å²) >= 11 is 1.55. The second kappa shape index (κ2) is 5.83. The first-order valence-electron chi connectivity index (χ1n) is 6.06. The van der Waals surface area contributed by atoms with E-state index in [1.807, 2.05) is 18.2 Å². The number of hydrogen-bond donors (Lipinski definition) is 0. The van der Waals surface area contributed by atoms with Crippen LogP contribution in [0.1, 0.15) is 29.1 Å². The van der Waals surface area contributed by atoms with Crippen molar-refractivity contribution >= 4 is 22.6 Å². The number of rotatable bonds is 5. The summed E-state index contributed by atoms with van der Waals surface area (Å²) in [4.78, 5) is 13.9. The van der Waals surface area contributed by atoms with Gasteiger partial charge in [-0.1, -0.05) is 30.3 Å². The molecule has 0 aliphatic heterocycles. The average molecular weight is 259 g/mol. The van der Waals surface area contributed by atoms with Gasteiger partial charge in [0.2, 0.25) is 0 Å². The van der Waals surface area contributed by atoms with Crippen LogP contribution in [0.25, 0.3) is 0 Å². The Labute approximate surface area is 112 Å². The molecule has 1 heterocycles. The van der Waals surface area contributed by atoms with Crippen molar-refractivity contribution in [1.82, 2.24) is 0 Å². The summed E-state index contributed by atoms with van der Waals surface area (Å²) < 4.78 is 0. The van der Waals surface area contributed by atoms with E-state index in [9.17, 15) is 4.79 Å². The molecule has 0 saturated heterocycles. The minimum absolute atomic E-state index is 0.406. The summed E-state index contributed by atoms with van der Waals surface area (Å²) in [7, 11) is 0. The lowest BCUT2D eigenvalue weighted by Crippen LogP contribution is -2.29. The van der Waals surface area contributed by atoms with Gasteiger partial charge in [-0.25, -0.2) is 0 Å². The predicted molar refractivity (Wildman–Crippen MR) is 77.5 cm³/mol. The molecule has 1 aromatic carbocycles. The maximum atomic E-state index is 10.8. The zero-order valence-corrected chi connectivity index (χ0v) is 11.5. The zero-order chi connectivity index (χ0) is 13.0. The summed E-state index contributed by atoms with van der Waals surface area (Å²) in [5.74, 6) is 0. The molecule has 18 heavy (non-hydrogen) atoms. The maximum Gasteiger partial charge on any atom is 0.160 e. The first-order valence-corrected chi connectivity index (χ1v) is 6.88. The Morgan fingerprint density at radius 2 is 1.89 bits per heavy atom. The first-order chi connectivity index (χ1) is 8.70. The van der Waals surface area contributed by atoms with Gasteiger partial charge in [-0.2, -0.15) is 0 Å². The Bertz CT molecular complexity index is 504. The van der Waals surface area contributed by atoms with E-state index >= 15 is 0 Å². The molecule has 94 valence electrons. The van der Waals surface area contributed by atoms with E-state index in [1.165, 1.54) is 5.56 Å². The standard InChI is InChI=1S/C15H17NOS/c1-12(2)16(10-13-6-4-3-5-7-13)15-9-8-14(11-17)18-15/h3-9,11-12H,10H2,1-2H3. The summed E-state index contributed by atoms with van der Waals surface area (Å²) in [5, 5.41) is 1.15. The van der Waals surface area contributed by atoms with Crippen LogP contribution in [0.4, 0.5) is 5.00 Å². The fourth-order valence-electron chi connectivity index (χ4n) is 1.86. The highest BCUT2D eigenvalue weighted by molar-refractivity contribution is 7.17. The smallest absolute Gasteiger partial charge is 0.160 e. The van der Waals surface area contributed by atoms with Crippen molar-refractivity contribution in [3.05, 3.63) is 52.9 Å². The highest BCUT2D eigenvalue weighted by atomic mass is 32.1. The highest BCUT2D eigenvalue weighted by Gasteiger charge is 2.13. The monoisotopic (exact) mass is 259 g/mol. The molecule has 0 radical (unpaired) electrons. The molecule has 2 nitrogen and oxygen atoms in total. The molecule has 0 bridgehead atoms. The minimum Gasteiger partial charge on any atom is -0.357 e. The van der Waals surface area contributed by atoms with Crippen molar-refractivity contribution in [3.8, 4) is 0 Å². The van der Waals surface area contributed by atoms with Crippen LogP contribution in [0, 0.1) is 0 Å². The molecule has 0 amide bonds. The molecule has 1 aromatic heterocycles. The predicted octanol–water partition coefficient (Wildman–Crippen LogP) is 3.98. The van der Waals surface area contributed by atoms with Gasteiger partial charge in [-0.05, 0) is 31.5 Å². The molecule has 0 spiro atoms. The maximum absolute atomic E-state index is 10.8. The number of aldehydes is 1. The number of hydrogen-bond acceptors (Lipinski definition) is 3. The van der Waals surface area contributed by atoms with Gasteiger partial charge in [-0.15, -0.1) is 11.3 Å². The topological polar surface area (TPSA) is 20.3 Å². The molecule has 2 aromatic rings. The molecule has 0 fully saturated rings. The summed E-state index contributed by atoms with van der Waals surface area (Å²) in [5.41, 5.74) is 1.28. The molecule has 0 aliphatic carbocycles. The molecule has 0 unspecified atom stereocenters. The second-order valence-corrected chi connectivity index (χ2v) is 5.59. The van der Waals surface area contributed by atoms with E-state index in [4.69, 9.17) is 0 Å². The van der Waals surface area contributed by atoms with Gasteiger partial charge < -0.3 is 4.90 Å². The minimum atomic E-state index is 0.406.